The van der Waals surface area contributed by atoms with Gasteiger partial charge >= 0.3 is 0 Å². The lowest BCUT2D eigenvalue weighted by atomic mass is 10.1. The van der Waals surface area contributed by atoms with Crippen molar-refractivity contribution >= 4 is 21.8 Å². The lowest BCUT2D eigenvalue weighted by Gasteiger charge is -2.24. The zero-order valence-corrected chi connectivity index (χ0v) is 13.4. The summed E-state index contributed by atoms with van der Waals surface area (Å²) in [4.78, 5) is 17.9. The van der Waals surface area contributed by atoms with Crippen molar-refractivity contribution in [1.82, 2.24) is 9.88 Å². The number of nitrogens with zero attached hydrogens (tertiary/aromatic N) is 1. The van der Waals surface area contributed by atoms with E-state index >= 15 is 0 Å². The Bertz CT molecular complexity index is 640. The number of rotatable bonds is 3. The second-order valence-electron chi connectivity index (χ2n) is 5.13. The number of aromatic amines is 1. The van der Waals surface area contributed by atoms with Gasteiger partial charge in [0.05, 0.1) is 17.6 Å². The third-order valence-electron chi connectivity index (χ3n) is 3.89. The van der Waals surface area contributed by atoms with Gasteiger partial charge in [-0.3, -0.25) is 4.79 Å². The summed E-state index contributed by atoms with van der Waals surface area (Å²) in [5.74, 6) is 0.796. The molecule has 21 heavy (non-hydrogen) atoms. The van der Waals surface area contributed by atoms with Crippen molar-refractivity contribution in [2.24, 2.45) is 0 Å². The zero-order chi connectivity index (χ0) is 14.8. The first-order valence-electron chi connectivity index (χ1n) is 6.98. The zero-order valence-electron chi connectivity index (χ0n) is 11.8. The number of benzene rings is 1. The predicted molar refractivity (Wildman–Crippen MR) is 84.5 cm³/mol. The van der Waals surface area contributed by atoms with Gasteiger partial charge in [-0.15, -0.1) is 0 Å². The van der Waals surface area contributed by atoms with Gasteiger partial charge in [-0.05, 0) is 59.1 Å². The van der Waals surface area contributed by atoms with E-state index in [0.717, 1.165) is 35.3 Å². The van der Waals surface area contributed by atoms with Crippen LogP contribution in [0.3, 0.4) is 0 Å². The highest BCUT2D eigenvalue weighted by Crippen LogP contribution is 2.33. The molecule has 1 aliphatic rings. The van der Waals surface area contributed by atoms with E-state index in [4.69, 9.17) is 4.74 Å². The van der Waals surface area contributed by atoms with E-state index in [1.807, 2.05) is 41.4 Å². The fourth-order valence-electron chi connectivity index (χ4n) is 2.85. The van der Waals surface area contributed by atoms with Crippen molar-refractivity contribution in [1.29, 1.82) is 0 Å². The Morgan fingerprint density at radius 1 is 1.43 bits per heavy atom. The Morgan fingerprint density at radius 2 is 2.29 bits per heavy atom. The molecule has 0 radical (unpaired) electrons. The molecule has 2 heterocycles. The average Bonchev–Trinajstić information content (AvgIpc) is 3.16. The molecule has 3 rings (SSSR count). The number of H-pyrrole nitrogens is 1. The van der Waals surface area contributed by atoms with E-state index in [-0.39, 0.29) is 11.9 Å². The minimum Gasteiger partial charge on any atom is -0.496 e. The van der Waals surface area contributed by atoms with Crippen LogP contribution >= 0.6 is 15.9 Å². The van der Waals surface area contributed by atoms with E-state index in [9.17, 15) is 4.79 Å². The fraction of sp³-hybridized carbons (Fsp3) is 0.312. The highest BCUT2D eigenvalue weighted by Gasteiger charge is 2.31. The largest absolute Gasteiger partial charge is 0.496 e. The van der Waals surface area contributed by atoms with Gasteiger partial charge in [0.25, 0.3) is 5.91 Å². The Hall–Kier alpha value is -1.75. The van der Waals surface area contributed by atoms with E-state index in [2.05, 4.69) is 20.9 Å². The molecule has 0 bridgehead atoms. The van der Waals surface area contributed by atoms with E-state index < -0.39 is 0 Å². The first kappa shape index (κ1) is 14.2. The Labute approximate surface area is 132 Å². The molecule has 1 aromatic carbocycles. The summed E-state index contributed by atoms with van der Waals surface area (Å²) >= 11 is 3.44. The lowest BCUT2D eigenvalue weighted by molar-refractivity contribution is 0.0733. The SMILES string of the molecule is COc1ccc(C(=O)N2CCC[C@H]2c2ccc[nH]2)cc1Br. The smallest absolute Gasteiger partial charge is 0.254 e. The summed E-state index contributed by atoms with van der Waals surface area (Å²) in [6.45, 7) is 0.798. The van der Waals surface area contributed by atoms with Crippen molar-refractivity contribution in [2.75, 3.05) is 13.7 Å². The monoisotopic (exact) mass is 348 g/mol. The van der Waals surface area contributed by atoms with Gasteiger partial charge in [-0.2, -0.15) is 0 Å². The van der Waals surface area contributed by atoms with Crippen LogP contribution in [0, 0.1) is 0 Å². The first-order valence-corrected chi connectivity index (χ1v) is 7.78. The van der Waals surface area contributed by atoms with Gasteiger partial charge in [0, 0.05) is 24.0 Å². The van der Waals surface area contributed by atoms with E-state index in [1.165, 1.54) is 0 Å². The molecular weight excluding hydrogens is 332 g/mol. The molecule has 0 unspecified atom stereocenters. The molecule has 1 saturated heterocycles. The molecule has 110 valence electrons. The highest BCUT2D eigenvalue weighted by molar-refractivity contribution is 9.10. The molecule has 0 aliphatic carbocycles. The number of carbonyl (C=O) groups is 1. The molecule has 1 aliphatic heterocycles. The van der Waals surface area contributed by atoms with Gasteiger partial charge in [0.2, 0.25) is 0 Å². The number of carbonyl (C=O) groups excluding carboxylic acids is 1. The van der Waals surface area contributed by atoms with Crippen LogP contribution in [0.5, 0.6) is 5.75 Å². The second kappa shape index (κ2) is 5.93. The normalized spacial score (nSPS) is 18.0. The molecule has 1 aromatic heterocycles. The third-order valence-corrected chi connectivity index (χ3v) is 4.51. The van der Waals surface area contributed by atoms with Gasteiger partial charge < -0.3 is 14.6 Å². The van der Waals surface area contributed by atoms with E-state index in [0.29, 0.717) is 5.56 Å². The number of methoxy groups -OCH3 is 1. The lowest BCUT2D eigenvalue weighted by Crippen LogP contribution is -2.30. The van der Waals surface area contributed by atoms with Crippen LogP contribution < -0.4 is 4.74 Å². The van der Waals surface area contributed by atoms with Gasteiger partial charge in [0.15, 0.2) is 0 Å². The molecule has 1 N–H and O–H groups in total. The summed E-state index contributed by atoms with van der Waals surface area (Å²) in [7, 11) is 1.61. The van der Waals surface area contributed by atoms with Crippen LogP contribution in [0.25, 0.3) is 0 Å². The maximum Gasteiger partial charge on any atom is 0.254 e. The van der Waals surface area contributed by atoms with Crippen LogP contribution in [0.1, 0.15) is 34.9 Å². The molecule has 1 atom stereocenters. The number of aromatic nitrogens is 1. The number of halogens is 1. The highest BCUT2D eigenvalue weighted by atomic mass is 79.9. The standard InChI is InChI=1S/C16H17BrN2O2/c1-21-15-7-6-11(10-12(15)17)16(20)19-9-3-5-14(19)13-4-2-8-18-13/h2,4,6-8,10,14,18H,3,5,9H2,1H3/t14-/m0/s1. The first-order chi connectivity index (χ1) is 10.2. The molecular formula is C16H17BrN2O2. The van der Waals surface area contributed by atoms with Crippen molar-refractivity contribution < 1.29 is 9.53 Å². The number of hydrogen-bond donors (Lipinski definition) is 1. The van der Waals surface area contributed by atoms with Gasteiger partial charge in [-0.25, -0.2) is 0 Å². The number of nitrogens with one attached hydrogen (secondary N) is 1. The number of hydrogen-bond acceptors (Lipinski definition) is 2. The van der Waals surface area contributed by atoms with Crippen LogP contribution in [0.4, 0.5) is 0 Å². The molecule has 2 aromatic rings. The molecule has 1 amide bonds. The summed E-state index contributed by atoms with van der Waals surface area (Å²) in [6.07, 6.45) is 3.94. The molecule has 0 spiro atoms. The van der Waals surface area contributed by atoms with Gasteiger partial charge in [-0.1, -0.05) is 0 Å². The molecule has 0 saturated carbocycles. The number of ether oxygens (including phenoxy) is 1. The summed E-state index contributed by atoms with van der Waals surface area (Å²) < 4.78 is 6.01. The summed E-state index contributed by atoms with van der Waals surface area (Å²) in [5.41, 5.74) is 1.79. The fourth-order valence-corrected chi connectivity index (χ4v) is 3.39. The van der Waals surface area contributed by atoms with Crippen LogP contribution in [0.2, 0.25) is 0 Å². The summed E-state index contributed by atoms with van der Waals surface area (Å²) in [5, 5.41) is 0. The van der Waals surface area contributed by atoms with Crippen molar-refractivity contribution in [3.05, 3.63) is 52.3 Å². The molecule has 5 heteroatoms. The van der Waals surface area contributed by atoms with Crippen molar-refractivity contribution in [2.45, 2.75) is 18.9 Å². The Balaban J connectivity index is 1.86. The van der Waals surface area contributed by atoms with Gasteiger partial charge in [0.1, 0.15) is 5.75 Å². The maximum absolute atomic E-state index is 12.8. The van der Waals surface area contributed by atoms with Crippen molar-refractivity contribution in [3.63, 3.8) is 0 Å². The minimum absolute atomic E-state index is 0.0652. The summed E-state index contributed by atoms with van der Waals surface area (Å²) in [6, 6.07) is 9.62. The average molecular weight is 349 g/mol. The third kappa shape index (κ3) is 2.70. The number of likely N-dealkylation sites (tertiary alicyclic amines) is 1. The molecule has 4 nitrogen and oxygen atoms in total. The predicted octanol–water partition coefficient (Wildman–Crippen LogP) is 3.76. The second-order valence-corrected chi connectivity index (χ2v) is 5.99. The van der Waals surface area contributed by atoms with Crippen LogP contribution in [0.15, 0.2) is 41.0 Å². The minimum atomic E-state index is 0.0652. The number of amides is 1. The maximum atomic E-state index is 12.8. The van der Waals surface area contributed by atoms with Crippen LogP contribution in [-0.4, -0.2) is 29.4 Å². The Morgan fingerprint density at radius 3 is 2.95 bits per heavy atom. The topological polar surface area (TPSA) is 45.3 Å². The van der Waals surface area contributed by atoms with Crippen molar-refractivity contribution in [3.8, 4) is 5.75 Å². The quantitative estimate of drug-likeness (QED) is 0.917. The molecule has 1 fully saturated rings. The van der Waals surface area contributed by atoms with Crippen LogP contribution in [-0.2, 0) is 0 Å². The van der Waals surface area contributed by atoms with E-state index in [1.54, 1.807) is 7.11 Å². The Kier molecular flexibility index (Phi) is 4.01.